The molecule has 2 amide bonds. The van der Waals surface area contributed by atoms with Gasteiger partial charge in [-0.3, -0.25) is 14.4 Å². The summed E-state index contributed by atoms with van der Waals surface area (Å²) in [7, 11) is 1.36. The summed E-state index contributed by atoms with van der Waals surface area (Å²) in [5.41, 5.74) is 0.828. The van der Waals surface area contributed by atoms with Gasteiger partial charge in [-0.2, -0.15) is 0 Å². The average molecular weight is 311 g/mol. The molecule has 21 heavy (non-hydrogen) atoms. The van der Waals surface area contributed by atoms with Crippen molar-refractivity contribution in [3.8, 4) is 0 Å². The molecule has 8 heteroatoms. The molecular formula is C13H17N3O4S. The Kier molecular flexibility index (Phi) is 5.26. The van der Waals surface area contributed by atoms with E-state index in [1.807, 2.05) is 5.38 Å². The van der Waals surface area contributed by atoms with Gasteiger partial charge in [0, 0.05) is 18.2 Å². The zero-order valence-electron chi connectivity index (χ0n) is 11.7. The Hall–Kier alpha value is -1.96. The van der Waals surface area contributed by atoms with Crippen LogP contribution in [-0.4, -0.2) is 35.9 Å². The molecule has 0 saturated carbocycles. The fourth-order valence-electron chi connectivity index (χ4n) is 2.00. The lowest BCUT2D eigenvalue weighted by molar-refractivity contribution is -0.140. The first-order valence-corrected chi connectivity index (χ1v) is 7.58. The number of hydrogen-bond acceptors (Lipinski definition) is 6. The van der Waals surface area contributed by atoms with Gasteiger partial charge in [0.1, 0.15) is 6.04 Å². The summed E-state index contributed by atoms with van der Waals surface area (Å²) in [5.74, 6) is -0.579. The minimum absolute atomic E-state index is 0.0993. The number of carbonyl (C=O) groups excluding carboxylic acids is 3. The van der Waals surface area contributed by atoms with Crippen molar-refractivity contribution < 1.29 is 19.1 Å². The summed E-state index contributed by atoms with van der Waals surface area (Å²) in [5, 5.41) is 7.66. The molecule has 1 aliphatic heterocycles. The Morgan fingerprint density at radius 3 is 3.05 bits per heavy atom. The Labute approximate surface area is 126 Å². The summed E-state index contributed by atoms with van der Waals surface area (Å²) >= 11 is 1.33. The Bertz CT molecular complexity index is 543. The molecule has 1 aromatic rings. The lowest BCUT2D eigenvalue weighted by atomic mass is 10.2. The van der Waals surface area contributed by atoms with Gasteiger partial charge in [0.05, 0.1) is 12.8 Å². The van der Waals surface area contributed by atoms with Crippen molar-refractivity contribution >= 4 is 34.3 Å². The van der Waals surface area contributed by atoms with E-state index in [1.165, 1.54) is 18.4 Å². The van der Waals surface area contributed by atoms with Gasteiger partial charge in [0.25, 0.3) is 0 Å². The number of amides is 2. The highest BCUT2D eigenvalue weighted by Gasteiger charge is 2.27. The molecule has 2 heterocycles. The second-order valence-corrected chi connectivity index (χ2v) is 5.58. The maximum atomic E-state index is 11.9. The Morgan fingerprint density at radius 1 is 1.57 bits per heavy atom. The minimum Gasteiger partial charge on any atom is -0.469 e. The molecule has 0 radical (unpaired) electrons. The van der Waals surface area contributed by atoms with Crippen molar-refractivity contribution in [3.63, 3.8) is 0 Å². The van der Waals surface area contributed by atoms with Gasteiger partial charge < -0.3 is 15.4 Å². The number of aromatic nitrogens is 1. The van der Waals surface area contributed by atoms with Crippen LogP contribution >= 0.6 is 11.3 Å². The number of methoxy groups -OCH3 is 1. The molecule has 0 aromatic carbocycles. The topological polar surface area (TPSA) is 97.4 Å². The summed E-state index contributed by atoms with van der Waals surface area (Å²) in [4.78, 5) is 38.2. The summed E-state index contributed by atoms with van der Waals surface area (Å²) in [6.07, 6.45) is 2.56. The quantitative estimate of drug-likeness (QED) is 0.759. The number of esters is 1. The summed E-state index contributed by atoms with van der Waals surface area (Å²) in [6, 6.07) is -0.468. The summed E-state index contributed by atoms with van der Waals surface area (Å²) in [6.45, 7) is 0. The SMILES string of the molecule is COC(=O)CCCc1csc(NC(=O)[C@H]2CCC(=O)N2)n1. The second kappa shape index (κ2) is 7.16. The fourth-order valence-corrected chi connectivity index (χ4v) is 2.75. The van der Waals surface area contributed by atoms with Crippen molar-refractivity contribution in [2.75, 3.05) is 12.4 Å². The third-order valence-corrected chi connectivity index (χ3v) is 3.94. The van der Waals surface area contributed by atoms with Crippen LogP contribution < -0.4 is 10.6 Å². The fraction of sp³-hybridized carbons (Fsp3) is 0.538. The highest BCUT2D eigenvalue weighted by atomic mass is 32.1. The van der Waals surface area contributed by atoms with Crippen molar-refractivity contribution in [1.29, 1.82) is 0 Å². The molecule has 2 rings (SSSR count). The monoisotopic (exact) mass is 311 g/mol. The number of rotatable bonds is 6. The first-order valence-electron chi connectivity index (χ1n) is 6.70. The highest BCUT2D eigenvalue weighted by molar-refractivity contribution is 7.13. The van der Waals surface area contributed by atoms with Gasteiger partial charge in [-0.25, -0.2) is 4.98 Å². The molecule has 1 saturated heterocycles. The molecule has 1 aromatic heterocycles. The van der Waals surface area contributed by atoms with E-state index in [0.29, 0.717) is 37.2 Å². The van der Waals surface area contributed by atoms with Crippen LogP contribution in [0.4, 0.5) is 5.13 Å². The predicted molar refractivity (Wildman–Crippen MR) is 76.9 cm³/mol. The van der Waals surface area contributed by atoms with E-state index in [4.69, 9.17) is 0 Å². The van der Waals surface area contributed by atoms with Crippen LogP contribution in [0.1, 0.15) is 31.4 Å². The van der Waals surface area contributed by atoms with Crippen LogP contribution in [0.15, 0.2) is 5.38 Å². The number of aryl methyl sites for hydroxylation is 1. The molecule has 2 N–H and O–H groups in total. The molecule has 0 bridgehead atoms. The van der Waals surface area contributed by atoms with E-state index < -0.39 is 6.04 Å². The molecule has 114 valence electrons. The van der Waals surface area contributed by atoms with Gasteiger partial charge in [-0.05, 0) is 19.3 Å². The van der Waals surface area contributed by atoms with Gasteiger partial charge >= 0.3 is 5.97 Å². The maximum Gasteiger partial charge on any atom is 0.305 e. The number of thiazole rings is 1. The molecule has 1 aliphatic rings. The van der Waals surface area contributed by atoms with E-state index in [1.54, 1.807) is 0 Å². The van der Waals surface area contributed by atoms with Gasteiger partial charge in [0.2, 0.25) is 11.8 Å². The first-order chi connectivity index (χ1) is 10.1. The van der Waals surface area contributed by atoms with Crippen LogP contribution in [0.25, 0.3) is 0 Å². The Morgan fingerprint density at radius 2 is 2.38 bits per heavy atom. The van der Waals surface area contributed by atoms with Gasteiger partial charge in [-0.1, -0.05) is 0 Å². The zero-order chi connectivity index (χ0) is 15.2. The smallest absolute Gasteiger partial charge is 0.305 e. The zero-order valence-corrected chi connectivity index (χ0v) is 12.5. The lowest BCUT2D eigenvalue weighted by Crippen LogP contribution is -2.37. The molecule has 1 fully saturated rings. The molecule has 7 nitrogen and oxygen atoms in total. The normalized spacial score (nSPS) is 17.4. The lowest BCUT2D eigenvalue weighted by Gasteiger charge is -2.08. The molecule has 1 atom stereocenters. The Balaban J connectivity index is 1.78. The average Bonchev–Trinajstić information content (AvgIpc) is 3.08. The second-order valence-electron chi connectivity index (χ2n) is 4.72. The van der Waals surface area contributed by atoms with Crippen molar-refractivity contribution in [2.24, 2.45) is 0 Å². The van der Waals surface area contributed by atoms with Crippen molar-refractivity contribution in [2.45, 2.75) is 38.1 Å². The number of nitrogens with zero attached hydrogens (tertiary/aromatic N) is 1. The number of nitrogens with one attached hydrogen (secondary N) is 2. The third kappa shape index (κ3) is 4.52. The molecule has 0 unspecified atom stereocenters. The predicted octanol–water partition coefficient (Wildman–Crippen LogP) is 0.856. The van der Waals surface area contributed by atoms with E-state index in [2.05, 4.69) is 20.4 Å². The van der Waals surface area contributed by atoms with Crippen LogP contribution in [0.2, 0.25) is 0 Å². The number of hydrogen-bond donors (Lipinski definition) is 2. The molecular weight excluding hydrogens is 294 g/mol. The minimum atomic E-state index is -0.468. The summed E-state index contributed by atoms with van der Waals surface area (Å²) < 4.78 is 4.56. The van der Waals surface area contributed by atoms with E-state index in [-0.39, 0.29) is 17.8 Å². The maximum absolute atomic E-state index is 11.9. The van der Waals surface area contributed by atoms with E-state index in [0.717, 1.165) is 5.69 Å². The van der Waals surface area contributed by atoms with E-state index in [9.17, 15) is 14.4 Å². The van der Waals surface area contributed by atoms with Crippen LogP contribution in [0, 0.1) is 0 Å². The number of ether oxygens (including phenoxy) is 1. The largest absolute Gasteiger partial charge is 0.469 e. The standard InChI is InChI=1S/C13H17N3O4S/c1-20-11(18)4-2-3-8-7-21-13(14-8)16-12(19)9-5-6-10(17)15-9/h7,9H,2-6H2,1H3,(H,15,17)(H,14,16,19)/t9-/m1/s1. The van der Waals surface area contributed by atoms with Crippen molar-refractivity contribution in [3.05, 3.63) is 11.1 Å². The van der Waals surface area contributed by atoms with Gasteiger partial charge in [-0.15, -0.1) is 11.3 Å². The molecule has 0 aliphatic carbocycles. The van der Waals surface area contributed by atoms with E-state index >= 15 is 0 Å². The third-order valence-electron chi connectivity index (χ3n) is 3.14. The highest BCUT2D eigenvalue weighted by Crippen LogP contribution is 2.18. The van der Waals surface area contributed by atoms with Crippen LogP contribution in [0.5, 0.6) is 0 Å². The van der Waals surface area contributed by atoms with Gasteiger partial charge in [0.15, 0.2) is 5.13 Å². The van der Waals surface area contributed by atoms with Crippen LogP contribution in [0.3, 0.4) is 0 Å². The number of carbonyl (C=O) groups is 3. The van der Waals surface area contributed by atoms with Crippen molar-refractivity contribution in [1.82, 2.24) is 10.3 Å². The number of anilines is 1. The van der Waals surface area contributed by atoms with Crippen LogP contribution in [-0.2, 0) is 25.5 Å². The molecule has 0 spiro atoms. The first kappa shape index (κ1) is 15.4.